The molecular formula is C29H56N2O2. The van der Waals surface area contributed by atoms with Crippen molar-refractivity contribution >= 4 is 11.8 Å². The highest BCUT2D eigenvalue weighted by Crippen LogP contribution is 2.24. The Labute approximate surface area is 205 Å². The minimum absolute atomic E-state index is 0.00297. The Kier molecular flexibility index (Phi) is 18.5. The molecule has 1 aliphatic carbocycles. The number of carbonyl (C=O) groups excluding carboxylic acids is 2. The zero-order valence-corrected chi connectivity index (χ0v) is 22.4. The van der Waals surface area contributed by atoms with Crippen molar-refractivity contribution in [1.82, 2.24) is 10.6 Å². The van der Waals surface area contributed by atoms with E-state index in [9.17, 15) is 9.59 Å². The van der Waals surface area contributed by atoms with Crippen LogP contribution in [0.4, 0.5) is 0 Å². The molecule has 194 valence electrons. The Morgan fingerprint density at radius 2 is 1.21 bits per heavy atom. The van der Waals surface area contributed by atoms with Gasteiger partial charge in [-0.2, -0.15) is 0 Å². The fourth-order valence-corrected chi connectivity index (χ4v) is 4.98. The fraction of sp³-hybridized carbons (Fsp3) is 0.931. The van der Waals surface area contributed by atoms with E-state index in [1.807, 2.05) is 0 Å². The highest BCUT2D eigenvalue weighted by Gasteiger charge is 2.29. The smallest absolute Gasteiger partial charge is 0.242 e. The number of amides is 2. The average Bonchev–Trinajstić information content (AvgIpc) is 2.84. The van der Waals surface area contributed by atoms with Crippen LogP contribution in [0.3, 0.4) is 0 Å². The van der Waals surface area contributed by atoms with Crippen molar-refractivity contribution in [2.45, 2.75) is 155 Å². The zero-order valence-electron chi connectivity index (χ0n) is 22.4. The SMILES string of the molecule is CCCCCCCCCCCCCCCCNC(=O)C(NC(=O)C1CCCCC1)C(C)CC. The van der Waals surface area contributed by atoms with Gasteiger partial charge in [-0.25, -0.2) is 0 Å². The van der Waals surface area contributed by atoms with Gasteiger partial charge in [0, 0.05) is 12.5 Å². The van der Waals surface area contributed by atoms with E-state index in [-0.39, 0.29) is 23.7 Å². The van der Waals surface area contributed by atoms with E-state index in [2.05, 4.69) is 31.4 Å². The summed E-state index contributed by atoms with van der Waals surface area (Å²) in [6, 6.07) is -0.393. The standard InChI is InChI=1S/C29H56N2O2/c1-4-6-7-8-9-10-11-12-13-14-15-16-17-21-24-30-29(33)27(25(3)5-2)31-28(32)26-22-19-18-20-23-26/h25-27H,4-24H2,1-3H3,(H,30,33)(H,31,32). The number of nitrogens with one attached hydrogen (secondary N) is 2. The van der Waals surface area contributed by atoms with Gasteiger partial charge in [0.15, 0.2) is 0 Å². The first-order valence-corrected chi connectivity index (χ1v) is 14.7. The number of unbranched alkanes of at least 4 members (excludes halogenated alkanes) is 13. The molecule has 4 nitrogen and oxygen atoms in total. The lowest BCUT2D eigenvalue weighted by molar-refractivity contribution is -0.132. The van der Waals surface area contributed by atoms with E-state index in [0.29, 0.717) is 0 Å². The van der Waals surface area contributed by atoms with Crippen LogP contribution in [0.25, 0.3) is 0 Å². The molecule has 2 atom stereocenters. The summed E-state index contributed by atoms with van der Waals surface area (Å²) in [7, 11) is 0. The molecule has 2 amide bonds. The quantitative estimate of drug-likeness (QED) is 0.181. The van der Waals surface area contributed by atoms with Crippen molar-refractivity contribution in [2.24, 2.45) is 11.8 Å². The van der Waals surface area contributed by atoms with Crippen LogP contribution in [0.2, 0.25) is 0 Å². The average molecular weight is 465 g/mol. The highest BCUT2D eigenvalue weighted by molar-refractivity contribution is 5.88. The maximum absolute atomic E-state index is 12.8. The van der Waals surface area contributed by atoms with Crippen molar-refractivity contribution in [3.63, 3.8) is 0 Å². The van der Waals surface area contributed by atoms with E-state index in [4.69, 9.17) is 0 Å². The van der Waals surface area contributed by atoms with E-state index >= 15 is 0 Å². The molecule has 0 saturated heterocycles. The second-order valence-corrected chi connectivity index (χ2v) is 10.6. The number of carbonyl (C=O) groups is 2. The van der Waals surface area contributed by atoms with Crippen LogP contribution in [-0.4, -0.2) is 24.4 Å². The Morgan fingerprint density at radius 1 is 0.727 bits per heavy atom. The van der Waals surface area contributed by atoms with E-state index in [1.165, 1.54) is 89.9 Å². The summed E-state index contributed by atoms with van der Waals surface area (Å²) in [6.45, 7) is 7.16. The first-order chi connectivity index (χ1) is 16.1. The summed E-state index contributed by atoms with van der Waals surface area (Å²) in [5, 5.41) is 6.18. The van der Waals surface area contributed by atoms with Gasteiger partial charge in [0.05, 0.1) is 0 Å². The first kappa shape index (κ1) is 30.0. The van der Waals surface area contributed by atoms with Crippen molar-refractivity contribution in [1.29, 1.82) is 0 Å². The van der Waals surface area contributed by atoms with Gasteiger partial charge in [-0.3, -0.25) is 9.59 Å². The number of hydrogen-bond acceptors (Lipinski definition) is 2. The molecule has 2 N–H and O–H groups in total. The van der Waals surface area contributed by atoms with Crippen LogP contribution in [0.5, 0.6) is 0 Å². The number of rotatable bonds is 20. The van der Waals surface area contributed by atoms with Crippen molar-refractivity contribution in [3.05, 3.63) is 0 Å². The molecule has 0 aromatic carbocycles. The molecular weight excluding hydrogens is 408 g/mol. The van der Waals surface area contributed by atoms with Gasteiger partial charge in [-0.15, -0.1) is 0 Å². The van der Waals surface area contributed by atoms with E-state index in [0.717, 1.165) is 45.1 Å². The van der Waals surface area contributed by atoms with Crippen LogP contribution in [0, 0.1) is 11.8 Å². The molecule has 1 aliphatic rings. The molecule has 0 aromatic heterocycles. The Hall–Kier alpha value is -1.06. The maximum atomic E-state index is 12.8. The normalized spacial score (nSPS) is 16.3. The van der Waals surface area contributed by atoms with Gasteiger partial charge in [0.25, 0.3) is 0 Å². The Balaban J connectivity index is 2.06. The van der Waals surface area contributed by atoms with Gasteiger partial charge >= 0.3 is 0 Å². The van der Waals surface area contributed by atoms with E-state index < -0.39 is 6.04 Å². The summed E-state index contributed by atoms with van der Waals surface area (Å²) in [5.41, 5.74) is 0. The molecule has 1 saturated carbocycles. The summed E-state index contributed by atoms with van der Waals surface area (Å²) < 4.78 is 0. The van der Waals surface area contributed by atoms with Gasteiger partial charge in [-0.1, -0.05) is 130 Å². The van der Waals surface area contributed by atoms with Gasteiger partial charge < -0.3 is 10.6 Å². The highest BCUT2D eigenvalue weighted by atomic mass is 16.2. The van der Waals surface area contributed by atoms with Gasteiger partial charge in [0.2, 0.25) is 11.8 Å². The molecule has 33 heavy (non-hydrogen) atoms. The minimum atomic E-state index is -0.393. The molecule has 0 bridgehead atoms. The second kappa shape index (κ2) is 20.3. The third-order valence-electron chi connectivity index (χ3n) is 7.60. The van der Waals surface area contributed by atoms with Gasteiger partial charge in [-0.05, 0) is 25.2 Å². The van der Waals surface area contributed by atoms with Crippen molar-refractivity contribution in [3.8, 4) is 0 Å². The summed E-state index contributed by atoms with van der Waals surface area (Å²) in [6.07, 6.45) is 25.1. The van der Waals surface area contributed by atoms with Gasteiger partial charge in [0.1, 0.15) is 6.04 Å². The largest absolute Gasteiger partial charge is 0.354 e. The predicted octanol–water partition coefficient (Wildman–Crippen LogP) is 7.70. The molecule has 0 heterocycles. The maximum Gasteiger partial charge on any atom is 0.242 e. The van der Waals surface area contributed by atoms with Crippen LogP contribution in [-0.2, 0) is 9.59 Å². The van der Waals surface area contributed by atoms with Crippen LogP contribution in [0.1, 0.15) is 149 Å². The molecule has 2 unspecified atom stereocenters. The van der Waals surface area contributed by atoms with E-state index in [1.54, 1.807) is 0 Å². The first-order valence-electron chi connectivity index (χ1n) is 14.7. The third kappa shape index (κ3) is 14.7. The summed E-state index contributed by atoms with van der Waals surface area (Å²) in [5.74, 6) is 0.354. The summed E-state index contributed by atoms with van der Waals surface area (Å²) >= 11 is 0. The lowest BCUT2D eigenvalue weighted by atomic mass is 9.88. The minimum Gasteiger partial charge on any atom is -0.354 e. The Bertz CT molecular complexity index is 488. The molecule has 1 rings (SSSR count). The van der Waals surface area contributed by atoms with Crippen LogP contribution < -0.4 is 10.6 Å². The molecule has 4 heteroatoms. The Morgan fingerprint density at radius 3 is 1.70 bits per heavy atom. The third-order valence-corrected chi connectivity index (χ3v) is 7.60. The van der Waals surface area contributed by atoms with Crippen LogP contribution >= 0.6 is 0 Å². The van der Waals surface area contributed by atoms with Crippen LogP contribution in [0.15, 0.2) is 0 Å². The lowest BCUT2D eigenvalue weighted by Crippen LogP contribution is -2.52. The monoisotopic (exact) mass is 464 g/mol. The molecule has 0 radical (unpaired) electrons. The molecule has 0 aromatic rings. The van der Waals surface area contributed by atoms with Crippen molar-refractivity contribution < 1.29 is 9.59 Å². The topological polar surface area (TPSA) is 58.2 Å². The molecule has 0 spiro atoms. The lowest BCUT2D eigenvalue weighted by Gasteiger charge is -2.27. The number of hydrogen-bond donors (Lipinski definition) is 2. The van der Waals surface area contributed by atoms with Crippen molar-refractivity contribution in [2.75, 3.05) is 6.54 Å². The molecule has 0 aliphatic heterocycles. The second-order valence-electron chi connectivity index (χ2n) is 10.6. The fourth-order valence-electron chi connectivity index (χ4n) is 4.98. The predicted molar refractivity (Wildman–Crippen MR) is 141 cm³/mol. The molecule has 1 fully saturated rings. The summed E-state index contributed by atoms with van der Waals surface area (Å²) in [4.78, 5) is 25.4. The zero-order chi connectivity index (χ0) is 24.2.